The maximum absolute atomic E-state index is 11.1. The minimum absolute atomic E-state index is 0.0350. The molecule has 1 fully saturated rings. The molecule has 2 unspecified atom stereocenters. The molecule has 0 bridgehead atoms. The number of hydrogen-bond donors (Lipinski definition) is 0. The molecule has 0 N–H and O–H groups in total. The van der Waals surface area contributed by atoms with Crippen molar-refractivity contribution in [3.05, 3.63) is 24.0 Å². The highest BCUT2D eigenvalue weighted by Crippen LogP contribution is 2.35. The molecule has 0 aliphatic heterocycles. The van der Waals surface area contributed by atoms with Gasteiger partial charge in [0.25, 0.3) is 0 Å². The molecular weight excluding hydrogens is 230 g/mol. The average Bonchev–Trinajstić information content (AvgIpc) is 2.29. The van der Waals surface area contributed by atoms with Crippen LogP contribution in [0.2, 0.25) is 0 Å². The van der Waals surface area contributed by atoms with Crippen LogP contribution in [0.5, 0.6) is 0 Å². The smallest absolute Gasteiger partial charge is 0.178 e. The van der Waals surface area contributed by atoms with Gasteiger partial charge < -0.3 is 0 Å². The Morgan fingerprint density at radius 3 is 2.82 bits per heavy atom. The molecule has 0 radical (unpaired) electrons. The first-order valence-electron chi connectivity index (χ1n) is 6.29. The Hall–Kier alpha value is -0.830. The highest BCUT2D eigenvalue weighted by molar-refractivity contribution is 8.00. The van der Waals surface area contributed by atoms with Crippen molar-refractivity contribution in [3.63, 3.8) is 0 Å². The van der Waals surface area contributed by atoms with E-state index in [1.165, 1.54) is 30.6 Å². The predicted octanol–water partition coefficient (Wildman–Crippen LogP) is 3.96. The highest BCUT2D eigenvalue weighted by atomic mass is 32.2. The summed E-state index contributed by atoms with van der Waals surface area (Å²) < 4.78 is 0. The lowest BCUT2D eigenvalue weighted by Crippen LogP contribution is -2.14. The molecular formula is C14H19NOS. The van der Waals surface area contributed by atoms with Crippen LogP contribution in [0.3, 0.4) is 0 Å². The van der Waals surface area contributed by atoms with Gasteiger partial charge in [-0.1, -0.05) is 19.8 Å². The van der Waals surface area contributed by atoms with Crippen LogP contribution < -0.4 is 0 Å². The molecule has 92 valence electrons. The van der Waals surface area contributed by atoms with E-state index in [0.29, 0.717) is 5.69 Å². The van der Waals surface area contributed by atoms with Crippen LogP contribution in [-0.4, -0.2) is 16.0 Å². The van der Waals surface area contributed by atoms with E-state index in [1.54, 1.807) is 6.92 Å². The number of nitrogens with zero attached hydrogens (tertiary/aromatic N) is 1. The van der Waals surface area contributed by atoms with Gasteiger partial charge in [-0.05, 0) is 30.9 Å². The predicted molar refractivity (Wildman–Crippen MR) is 71.5 cm³/mol. The van der Waals surface area contributed by atoms with Crippen LogP contribution in [0.15, 0.2) is 23.2 Å². The molecule has 2 rings (SSSR count). The van der Waals surface area contributed by atoms with Gasteiger partial charge in [-0.15, -0.1) is 11.8 Å². The molecule has 2 nitrogen and oxygen atoms in total. The van der Waals surface area contributed by atoms with Crippen LogP contribution >= 0.6 is 11.8 Å². The second-order valence-electron chi connectivity index (χ2n) is 4.95. The third-order valence-electron chi connectivity index (χ3n) is 3.29. The quantitative estimate of drug-likeness (QED) is 0.760. The Labute approximate surface area is 107 Å². The lowest BCUT2D eigenvalue weighted by molar-refractivity contribution is 0.101. The van der Waals surface area contributed by atoms with E-state index in [2.05, 4.69) is 11.9 Å². The SMILES string of the molecule is CC(=O)c1ccc(SC2CCCC(C)C2)cn1. The molecule has 0 spiro atoms. The Morgan fingerprint density at radius 2 is 2.24 bits per heavy atom. The maximum atomic E-state index is 11.1. The third kappa shape index (κ3) is 3.56. The van der Waals surface area contributed by atoms with Crippen molar-refractivity contribution in [3.8, 4) is 0 Å². The van der Waals surface area contributed by atoms with Crippen LogP contribution in [0.1, 0.15) is 50.0 Å². The molecule has 3 heteroatoms. The average molecular weight is 249 g/mol. The van der Waals surface area contributed by atoms with Crippen molar-refractivity contribution >= 4 is 17.5 Å². The number of aromatic nitrogens is 1. The fraction of sp³-hybridized carbons (Fsp3) is 0.571. The fourth-order valence-corrected chi connectivity index (χ4v) is 3.69. The van der Waals surface area contributed by atoms with Gasteiger partial charge in [-0.2, -0.15) is 0 Å². The molecule has 0 saturated heterocycles. The van der Waals surface area contributed by atoms with Crippen molar-refractivity contribution in [1.82, 2.24) is 4.98 Å². The summed E-state index contributed by atoms with van der Waals surface area (Å²) in [6, 6.07) is 3.85. The second-order valence-corrected chi connectivity index (χ2v) is 6.32. The summed E-state index contributed by atoms with van der Waals surface area (Å²) >= 11 is 1.91. The number of thioether (sulfide) groups is 1. The molecule has 1 heterocycles. The summed E-state index contributed by atoms with van der Waals surface area (Å²) in [7, 11) is 0. The molecule has 1 aromatic rings. The first kappa shape index (κ1) is 12.6. The zero-order valence-corrected chi connectivity index (χ0v) is 11.3. The Balaban J connectivity index is 1.96. The van der Waals surface area contributed by atoms with Crippen molar-refractivity contribution in [2.45, 2.75) is 49.7 Å². The zero-order chi connectivity index (χ0) is 12.3. The van der Waals surface area contributed by atoms with Crippen LogP contribution in [-0.2, 0) is 0 Å². The van der Waals surface area contributed by atoms with E-state index >= 15 is 0 Å². The molecule has 2 atom stereocenters. The van der Waals surface area contributed by atoms with Crippen molar-refractivity contribution in [2.24, 2.45) is 5.92 Å². The number of carbonyl (C=O) groups is 1. The summed E-state index contributed by atoms with van der Waals surface area (Å²) in [5, 5.41) is 0.726. The van der Waals surface area contributed by atoms with Gasteiger partial charge in [0.05, 0.1) is 0 Å². The Bertz CT molecular complexity index is 388. The van der Waals surface area contributed by atoms with Gasteiger partial charge >= 0.3 is 0 Å². The van der Waals surface area contributed by atoms with Gasteiger partial charge in [0.15, 0.2) is 5.78 Å². The lowest BCUT2D eigenvalue weighted by atomic mass is 9.91. The monoisotopic (exact) mass is 249 g/mol. The number of carbonyl (C=O) groups excluding carboxylic acids is 1. The molecule has 1 saturated carbocycles. The van der Waals surface area contributed by atoms with E-state index in [9.17, 15) is 4.79 Å². The Morgan fingerprint density at radius 1 is 1.41 bits per heavy atom. The first-order chi connectivity index (χ1) is 8.15. The number of pyridine rings is 1. The maximum Gasteiger partial charge on any atom is 0.178 e. The standard InChI is InChI=1S/C14H19NOS/c1-10-4-3-5-12(8-10)17-13-6-7-14(11(2)16)15-9-13/h6-7,9-10,12H,3-5,8H2,1-2H3. The summed E-state index contributed by atoms with van der Waals surface area (Å²) in [6.45, 7) is 3.89. The summed E-state index contributed by atoms with van der Waals surface area (Å²) in [5.41, 5.74) is 0.561. The molecule has 17 heavy (non-hydrogen) atoms. The van der Waals surface area contributed by atoms with Gasteiger partial charge in [0, 0.05) is 23.3 Å². The Kier molecular flexibility index (Phi) is 4.21. The topological polar surface area (TPSA) is 30.0 Å². The van der Waals surface area contributed by atoms with Crippen molar-refractivity contribution in [2.75, 3.05) is 0 Å². The molecule has 1 aliphatic carbocycles. The van der Waals surface area contributed by atoms with Crippen molar-refractivity contribution in [1.29, 1.82) is 0 Å². The van der Waals surface area contributed by atoms with E-state index < -0.39 is 0 Å². The van der Waals surface area contributed by atoms with E-state index in [-0.39, 0.29) is 5.78 Å². The first-order valence-corrected chi connectivity index (χ1v) is 7.17. The van der Waals surface area contributed by atoms with Gasteiger partial charge in [-0.3, -0.25) is 9.78 Å². The van der Waals surface area contributed by atoms with E-state index in [4.69, 9.17) is 0 Å². The van der Waals surface area contributed by atoms with E-state index in [1.807, 2.05) is 30.1 Å². The van der Waals surface area contributed by atoms with Crippen molar-refractivity contribution < 1.29 is 4.79 Å². The normalized spacial score (nSPS) is 24.6. The number of ketones is 1. The number of Topliss-reactive ketones (excluding diaryl/α,β-unsaturated/α-hetero) is 1. The second kappa shape index (κ2) is 5.67. The molecule has 0 amide bonds. The van der Waals surface area contributed by atoms with Crippen LogP contribution in [0.4, 0.5) is 0 Å². The highest BCUT2D eigenvalue weighted by Gasteiger charge is 2.19. The van der Waals surface area contributed by atoms with Crippen LogP contribution in [0, 0.1) is 5.92 Å². The number of hydrogen-bond acceptors (Lipinski definition) is 3. The zero-order valence-electron chi connectivity index (χ0n) is 10.5. The largest absolute Gasteiger partial charge is 0.293 e. The number of rotatable bonds is 3. The molecule has 1 aliphatic rings. The van der Waals surface area contributed by atoms with Gasteiger partial charge in [0.1, 0.15) is 5.69 Å². The minimum Gasteiger partial charge on any atom is -0.293 e. The third-order valence-corrected chi connectivity index (χ3v) is 4.56. The van der Waals surface area contributed by atoms with Crippen LogP contribution in [0.25, 0.3) is 0 Å². The molecule has 0 aromatic carbocycles. The van der Waals surface area contributed by atoms with Gasteiger partial charge in [-0.25, -0.2) is 0 Å². The summed E-state index contributed by atoms with van der Waals surface area (Å²) in [4.78, 5) is 16.5. The fourth-order valence-electron chi connectivity index (χ4n) is 2.34. The lowest BCUT2D eigenvalue weighted by Gasteiger charge is -2.26. The minimum atomic E-state index is 0.0350. The van der Waals surface area contributed by atoms with E-state index in [0.717, 1.165) is 11.2 Å². The summed E-state index contributed by atoms with van der Waals surface area (Å²) in [6.07, 6.45) is 7.17. The molecule has 1 aromatic heterocycles. The van der Waals surface area contributed by atoms with Gasteiger partial charge in [0.2, 0.25) is 0 Å². The summed E-state index contributed by atoms with van der Waals surface area (Å²) in [5.74, 6) is 0.888.